The Morgan fingerprint density at radius 1 is 1.50 bits per heavy atom. The van der Waals surface area contributed by atoms with E-state index in [1.165, 1.54) is 12.1 Å². The van der Waals surface area contributed by atoms with Gasteiger partial charge in [-0.2, -0.15) is 11.8 Å². The second kappa shape index (κ2) is 4.09. The van der Waals surface area contributed by atoms with E-state index < -0.39 is 0 Å². The summed E-state index contributed by atoms with van der Waals surface area (Å²) in [5.74, 6) is 1.55. The van der Waals surface area contributed by atoms with Crippen molar-refractivity contribution >= 4 is 23.4 Å². The molecule has 0 aromatic heterocycles. The minimum Gasteiger partial charge on any atom is -0.324 e. The van der Waals surface area contributed by atoms with E-state index in [2.05, 4.69) is 0 Å². The molecule has 2 N–H and O–H groups in total. The Morgan fingerprint density at radius 2 is 2.29 bits per heavy atom. The van der Waals surface area contributed by atoms with Crippen LogP contribution < -0.4 is 5.73 Å². The van der Waals surface area contributed by atoms with Crippen molar-refractivity contribution in [2.24, 2.45) is 5.73 Å². The molecular formula is C10H11ClFNS. The third-order valence-corrected chi connectivity index (χ3v) is 3.77. The molecule has 0 spiro atoms. The molecule has 0 bridgehead atoms. The highest BCUT2D eigenvalue weighted by atomic mass is 35.5. The Labute approximate surface area is 91.8 Å². The monoisotopic (exact) mass is 231 g/mol. The van der Waals surface area contributed by atoms with E-state index >= 15 is 0 Å². The molecule has 14 heavy (non-hydrogen) atoms. The fraction of sp³-hybridized carbons (Fsp3) is 0.400. The van der Waals surface area contributed by atoms with Crippen LogP contribution in [0.2, 0.25) is 5.02 Å². The molecule has 1 nitrogen and oxygen atoms in total. The number of nitrogens with two attached hydrogens (primary N) is 1. The maximum atomic E-state index is 13.1. The van der Waals surface area contributed by atoms with Crippen LogP contribution in [0.1, 0.15) is 23.6 Å². The topological polar surface area (TPSA) is 26.0 Å². The molecule has 0 amide bonds. The summed E-state index contributed by atoms with van der Waals surface area (Å²) in [5, 5.41) is 0.504. The quantitative estimate of drug-likeness (QED) is 0.743. The van der Waals surface area contributed by atoms with Gasteiger partial charge in [-0.25, -0.2) is 4.39 Å². The van der Waals surface area contributed by atoms with Crippen LogP contribution >= 0.6 is 23.4 Å². The van der Waals surface area contributed by atoms with Gasteiger partial charge >= 0.3 is 0 Å². The predicted octanol–water partition coefficient (Wildman–Crippen LogP) is 3.12. The van der Waals surface area contributed by atoms with Gasteiger partial charge in [-0.3, -0.25) is 0 Å². The highest BCUT2D eigenvalue weighted by Crippen LogP contribution is 2.34. The zero-order chi connectivity index (χ0) is 10.1. The summed E-state index contributed by atoms with van der Waals surface area (Å²) in [7, 11) is 0. The molecule has 1 aromatic carbocycles. The SMILES string of the molecule is NC1CCSCc2c(Cl)cc(F)cc21. The molecule has 2 rings (SSSR count). The van der Waals surface area contributed by atoms with Crippen LogP contribution in [-0.2, 0) is 5.75 Å². The molecular weight excluding hydrogens is 221 g/mol. The second-order valence-corrected chi connectivity index (χ2v) is 4.92. The number of halogens is 2. The van der Waals surface area contributed by atoms with Gasteiger partial charge in [0.2, 0.25) is 0 Å². The smallest absolute Gasteiger partial charge is 0.125 e. The molecule has 1 heterocycles. The van der Waals surface area contributed by atoms with Crippen LogP contribution in [0.25, 0.3) is 0 Å². The zero-order valence-electron chi connectivity index (χ0n) is 7.59. The summed E-state index contributed by atoms with van der Waals surface area (Å²) >= 11 is 7.77. The minimum absolute atomic E-state index is 0.0757. The van der Waals surface area contributed by atoms with Crippen molar-refractivity contribution in [2.75, 3.05) is 5.75 Å². The first-order valence-electron chi connectivity index (χ1n) is 4.49. The van der Waals surface area contributed by atoms with Crippen LogP contribution in [-0.4, -0.2) is 5.75 Å². The van der Waals surface area contributed by atoms with Crippen molar-refractivity contribution in [1.82, 2.24) is 0 Å². The Bertz CT molecular complexity index is 356. The summed E-state index contributed by atoms with van der Waals surface area (Å²) < 4.78 is 13.1. The molecule has 76 valence electrons. The number of hydrogen-bond acceptors (Lipinski definition) is 2. The van der Waals surface area contributed by atoms with Gasteiger partial charge in [0.1, 0.15) is 5.82 Å². The largest absolute Gasteiger partial charge is 0.324 e. The average molecular weight is 232 g/mol. The number of rotatable bonds is 0. The van der Waals surface area contributed by atoms with Gasteiger partial charge in [0, 0.05) is 16.8 Å². The van der Waals surface area contributed by atoms with Crippen molar-refractivity contribution < 1.29 is 4.39 Å². The van der Waals surface area contributed by atoms with E-state index in [0.717, 1.165) is 29.1 Å². The minimum atomic E-state index is -0.295. The van der Waals surface area contributed by atoms with Crippen molar-refractivity contribution in [3.63, 3.8) is 0 Å². The molecule has 1 atom stereocenters. The average Bonchev–Trinajstić information content (AvgIpc) is 2.29. The first-order chi connectivity index (χ1) is 6.68. The Balaban J connectivity index is 2.53. The Kier molecular flexibility index (Phi) is 3.00. The van der Waals surface area contributed by atoms with Crippen LogP contribution in [0.3, 0.4) is 0 Å². The van der Waals surface area contributed by atoms with E-state index in [1.807, 2.05) is 0 Å². The molecule has 4 heteroatoms. The van der Waals surface area contributed by atoms with Crippen molar-refractivity contribution in [2.45, 2.75) is 18.2 Å². The Hall–Kier alpha value is -0.250. The van der Waals surface area contributed by atoms with Gasteiger partial charge in [-0.1, -0.05) is 11.6 Å². The fourth-order valence-corrected chi connectivity index (χ4v) is 3.10. The predicted molar refractivity (Wildman–Crippen MR) is 59.1 cm³/mol. The summed E-state index contributed by atoms with van der Waals surface area (Å²) in [5.41, 5.74) is 7.82. The van der Waals surface area contributed by atoms with Crippen molar-refractivity contribution in [1.29, 1.82) is 0 Å². The van der Waals surface area contributed by atoms with E-state index in [0.29, 0.717) is 5.02 Å². The number of fused-ring (bicyclic) bond motifs is 1. The standard InChI is InChI=1S/C10H11ClFNS/c11-9-4-6(12)3-7-8(9)5-14-2-1-10(7)13/h3-4,10H,1-2,5,13H2. The fourth-order valence-electron chi connectivity index (χ4n) is 1.65. The van der Waals surface area contributed by atoms with Gasteiger partial charge in [0.15, 0.2) is 0 Å². The number of hydrogen-bond donors (Lipinski definition) is 1. The molecule has 0 aliphatic carbocycles. The summed E-state index contributed by atoms with van der Waals surface area (Å²) in [6.45, 7) is 0. The van der Waals surface area contributed by atoms with Crippen LogP contribution in [0.15, 0.2) is 12.1 Å². The van der Waals surface area contributed by atoms with Crippen molar-refractivity contribution in [3.8, 4) is 0 Å². The van der Waals surface area contributed by atoms with E-state index in [4.69, 9.17) is 17.3 Å². The molecule has 0 saturated carbocycles. The van der Waals surface area contributed by atoms with Gasteiger partial charge in [-0.05, 0) is 35.4 Å². The number of benzene rings is 1. The first-order valence-corrected chi connectivity index (χ1v) is 6.03. The molecule has 1 aliphatic heterocycles. The summed E-state index contributed by atoms with van der Waals surface area (Å²) in [6.07, 6.45) is 0.886. The summed E-state index contributed by atoms with van der Waals surface area (Å²) in [4.78, 5) is 0. The van der Waals surface area contributed by atoms with E-state index in [9.17, 15) is 4.39 Å². The normalized spacial score (nSPS) is 21.5. The Morgan fingerprint density at radius 3 is 3.07 bits per heavy atom. The first kappa shape index (κ1) is 10.3. The third kappa shape index (κ3) is 1.90. The maximum Gasteiger partial charge on any atom is 0.125 e. The van der Waals surface area contributed by atoms with Crippen LogP contribution in [0.5, 0.6) is 0 Å². The molecule has 1 aromatic rings. The lowest BCUT2D eigenvalue weighted by atomic mass is 10.00. The third-order valence-electron chi connectivity index (χ3n) is 2.41. The van der Waals surface area contributed by atoms with Crippen molar-refractivity contribution in [3.05, 3.63) is 34.1 Å². The van der Waals surface area contributed by atoms with Gasteiger partial charge in [-0.15, -0.1) is 0 Å². The van der Waals surface area contributed by atoms with Gasteiger partial charge in [0.25, 0.3) is 0 Å². The van der Waals surface area contributed by atoms with Gasteiger partial charge < -0.3 is 5.73 Å². The van der Waals surface area contributed by atoms with Crippen LogP contribution in [0.4, 0.5) is 4.39 Å². The molecule has 0 fully saturated rings. The highest BCUT2D eigenvalue weighted by Gasteiger charge is 2.18. The lowest BCUT2D eigenvalue weighted by Crippen LogP contribution is -2.12. The molecule has 0 radical (unpaired) electrons. The lowest BCUT2D eigenvalue weighted by molar-refractivity contribution is 0.616. The lowest BCUT2D eigenvalue weighted by Gasteiger charge is -2.13. The number of thioether (sulfide) groups is 1. The van der Waals surface area contributed by atoms with Gasteiger partial charge in [0.05, 0.1) is 0 Å². The highest BCUT2D eigenvalue weighted by molar-refractivity contribution is 7.98. The molecule has 1 unspecified atom stereocenters. The maximum absolute atomic E-state index is 13.1. The molecule has 1 aliphatic rings. The van der Waals surface area contributed by atoms with E-state index in [1.54, 1.807) is 11.8 Å². The van der Waals surface area contributed by atoms with E-state index in [-0.39, 0.29) is 11.9 Å². The zero-order valence-corrected chi connectivity index (χ0v) is 9.17. The second-order valence-electron chi connectivity index (χ2n) is 3.40. The molecule has 0 saturated heterocycles. The van der Waals surface area contributed by atoms with Crippen LogP contribution in [0, 0.1) is 5.82 Å². The summed E-state index contributed by atoms with van der Waals surface area (Å²) in [6, 6.07) is 2.80.